The average Bonchev–Trinajstić information content (AvgIpc) is 3.21. The van der Waals surface area contributed by atoms with Gasteiger partial charge in [0.15, 0.2) is 0 Å². The molecule has 0 saturated carbocycles. The molecule has 212 valence electrons. The highest BCUT2D eigenvalue weighted by Gasteiger charge is 2.18. The van der Waals surface area contributed by atoms with Gasteiger partial charge in [-0.05, 0) is 66.8 Å². The van der Waals surface area contributed by atoms with Crippen molar-refractivity contribution in [3.8, 4) is 11.3 Å². The van der Waals surface area contributed by atoms with Crippen molar-refractivity contribution in [2.45, 2.75) is 59.8 Å². The minimum Gasteiger partial charge on any atom is -0.322 e. The molecule has 1 unspecified atom stereocenters. The molecule has 0 bridgehead atoms. The molecule has 0 spiro atoms. The highest BCUT2D eigenvalue weighted by atomic mass is 35.5. The number of carbonyl (C=O) groups is 1. The molecule has 1 amide bonds. The van der Waals surface area contributed by atoms with Crippen LogP contribution in [0.25, 0.3) is 22.0 Å². The van der Waals surface area contributed by atoms with Crippen LogP contribution < -0.4 is 9.62 Å². The minimum atomic E-state index is -1.02. The second-order valence-corrected chi connectivity index (χ2v) is 11.2. The number of halogens is 1. The van der Waals surface area contributed by atoms with Crippen LogP contribution in [0, 0.1) is 0 Å². The fourth-order valence-electron chi connectivity index (χ4n) is 4.25. The number of hydrogen-bond acceptors (Lipinski definition) is 3. The summed E-state index contributed by atoms with van der Waals surface area (Å²) in [6, 6.07) is 22.7. The van der Waals surface area contributed by atoms with Crippen molar-refractivity contribution in [2.24, 2.45) is 0 Å². The molecule has 40 heavy (non-hydrogen) atoms. The number of amides is 1. The Hall–Kier alpha value is -3.22. The number of nitrogens with one attached hydrogen (secondary N) is 1. The zero-order chi connectivity index (χ0) is 28.9. The summed E-state index contributed by atoms with van der Waals surface area (Å²) < 4.78 is 14.4. The average molecular weight is 578 g/mol. The Morgan fingerprint density at radius 3 is 2.40 bits per heavy atom. The molecule has 5 rings (SSSR count). The van der Waals surface area contributed by atoms with Crippen molar-refractivity contribution >= 4 is 50.6 Å². The first kappa shape index (κ1) is 31.3. The van der Waals surface area contributed by atoms with Crippen molar-refractivity contribution in [1.82, 2.24) is 4.98 Å². The quantitative estimate of drug-likeness (QED) is 0.257. The van der Waals surface area contributed by atoms with Gasteiger partial charge in [0.2, 0.25) is 0 Å². The number of benzene rings is 3. The molecule has 4 aromatic rings. The first-order valence-electron chi connectivity index (χ1n) is 14.2. The Bertz CT molecular complexity index is 1400. The summed E-state index contributed by atoms with van der Waals surface area (Å²) in [6.07, 6.45) is 7.52. The highest BCUT2D eigenvalue weighted by Crippen LogP contribution is 2.31. The number of carbonyl (C=O) groups excluding carboxylic acids is 1. The number of pyridine rings is 1. The molecule has 1 aromatic heterocycles. The first-order valence-corrected chi connectivity index (χ1v) is 15.9. The lowest BCUT2D eigenvalue weighted by Crippen LogP contribution is -2.26. The van der Waals surface area contributed by atoms with E-state index in [9.17, 15) is 9.00 Å². The lowest BCUT2D eigenvalue weighted by Gasteiger charge is -2.21. The van der Waals surface area contributed by atoms with E-state index < -0.39 is 11.0 Å². The molecule has 2 heterocycles. The Balaban J connectivity index is 0.000000677. The van der Waals surface area contributed by atoms with Crippen molar-refractivity contribution in [2.75, 3.05) is 21.9 Å². The molecule has 0 aliphatic carbocycles. The van der Waals surface area contributed by atoms with Gasteiger partial charge in [-0.15, -0.1) is 0 Å². The van der Waals surface area contributed by atoms with Crippen LogP contribution in [0.15, 0.2) is 79.0 Å². The van der Waals surface area contributed by atoms with E-state index in [2.05, 4.69) is 24.1 Å². The van der Waals surface area contributed by atoms with Gasteiger partial charge < -0.3 is 5.32 Å². The molecule has 3 aromatic carbocycles. The maximum atomic E-state index is 12.9. The number of rotatable bonds is 5. The van der Waals surface area contributed by atoms with Crippen LogP contribution in [0.2, 0.25) is 5.02 Å². The molecular formula is C33H40ClN3O2S. The molecule has 1 N–H and O–H groups in total. The van der Waals surface area contributed by atoms with Gasteiger partial charge in [0.25, 0.3) is 5.91 Å². The third-order valence-corrected chi connectivity index (χ3v) is 8.19. The van der Waals surface area contributed by atoms with Gasteiger partial charge in [0.05, 0.1) is 5.69 Å². The second-order valence-electron chi connectivity index (χ2n) is 9.30. The summed E-state index contributed by atoms with van der Waals surface area (Å²) in [7, 11) is -1.02. The number of aromatic nitrogens is 1. The van der Waals surface area contributed by atoms with Crippen molar-refractivity contribution < 1.29 is 9.00 Å². The SMILES string of the molecule is CC.CCCC.O=C(Nc1cc(Cl)cc(-c2nccc3ccccc23)c1)c1ccc(N2CCCCCS2=O)cc1. The van der Waals surface area contributed by atoms with Crippen LogP contribution in [-0.4, -0.2) is 27.4 Å². The van der Waals surface area contributed by atoms with Gasteiger partial charge in [0, 0.05) is 51.4 Å². The smallest absolute Gasteiger partial charge is 0.255 e. The summed E-state index contributed by atoms with van der Waals surface area (Å²) >= 11 is 6.40. The molecule has 1 atom stereocenters. The zero-order valence-corrected chi connectivity index (χ0v) is 25.5. The molecule has 1 aliphatic heterocycles. The third-order valence-electron chi connectivity index (χ3n) is 6.45. The second kappa shape index (κ2) is 16.1. The summed E-state index contributed by atoms with van der Waals surface area (Å²) in [5, 5.41) is 5.57. The maximum absolute atomic E-state index is 12.9. The fraction of sp³-hybridized carbons (Fsp3) is 0.333. The Morgan fingerprint density at radius 1 is 0.950 bits per heavy atom. The summed E-state index contributed by atoms with van der Waals surface area (Å²) in [4.78, 5) is 17.5. The molecule has 0 radical (unpaired) electrons. The van der Waals surface area contributed by atoms with Gasteiger partial charge in [-0.3, -0.25) is 14.1 Å². The van der Waals surface area contributed by atoms with E-state index in [1.807, 2.05) is 72.7 Å². The zero-order valence-electron chi connectivity index (χ0n) is 24.0. The number of fused-ring (bicyclic) bond motifs is 1. The van der Waals surface area contributed by atoms with Crippen LogP contribution in [-0.2, 0) is 11.0 Å². The first-order chi connectivity index (χ1) is 19.5. The topological polar surface area (TPSA) is 62.3 Å². The normalized spacial score (nSPS) is 14.7. The van der Waals surface area contributed by atoms with Crippen LogP contribution in [0.3, 0.4) is 0 Å². The molecule has 5 nitrogen and oxygen atoms in total. The number of anilines is 2. The third kappa shape index (κ3) is 8.39. The Labute approximate surface area is 246 Å². The van der Waals surface area contributed by atoms with Crippen LogP contribution in [0.4, 0.5) is 11.4 Å². The van der Waals surface area contributed by atoms with Gasteiger partial charge in [-0.25, -0.2) is 4.21 Å². The van der Waals surface area contributed by atoms with Gasteiger partial charge in [-0.2, -0.15) is 0 Å². The molecular weight excluding hydrogens is 538 g/mol. The van der Waals surface area contributed by atoms with E-state index in [-0.39, 0.29) is 5.91 Å². The Morgan fingerprint density at radius 2 is 1.68 bits per heavy atom. The van der Waals surface area contributed by atoms with E-state index in [0.717, 1.165) is 53.5 Å². The fourth-order valence-corrected chi connectivity index (χ4v) is 5.84. The maximum Gasteiger partial charge on any atom is 0.255 e. The van der Waals surface area contributed by atoms with Crippen LogP contribution in [0.1, 0.15) is 70.2 Å². The van der Waals surface area contributed by atoms with E-state index in [1.165, 1.54) is 12.8 Å². The molecule has 1 saturated heterocycles. The number of unbranched alkanes of at least 4 members (excludes halogenated alkanes) is 1. The van der Waals surface area contributed by atoms with Gasteiger partial charge in [0.1, 0.15) is 11.0 Å². The predicted molar refractivity (Wildman–Crippen MR) is 173 cm³/mol. The lowest BCUT2D eigenvalue weighted by atomic mass is 10.0. The number of hydrogen-bond donors (Lipinski definition) is 1. The van der Waals surface area contributed by atoms with E-state index in [1.54, 1.807) is 24.4 Å². The van der Waals surface area contributed by atoms with Gasteiger partial charge in [-0.1, -0.05) is 82.8 Å². The summed E-state index contributed by atoms with van der Waals surface area (Å²) in [5.74, 6) is 0.452. The van der Waals surface area contributed by atoms with E-state index in [4.69, 9.17) is 11.6 Å². The standard InChI is InChI=1S/C27H24ClN3O2S.C4H10.C2H6/c28-22-16-21(26-25-7-3-2-6-19(25)12-13-29-26)17-23(18-22)30-27(32)20-8-10-24(11-9-20)31-14-4-1-5-15-34(31)33;1-3-4-2;1-2/h2-3,6-13,16-18H,1,4-5,14-15H2,(H,30,32);3-4H2,1-2H3;1-2H3. The largest absolute Gasteiger partial charge is 0.322 e. The monoisotopic (exact) mass is 577 g/mol. The van der Waals surface area contributed by atoms with Crippen LogP contribution >= 0.6 is 11.6 Å². The highest BCUT2D eigenvalue weighted by molar-refractivity contribution is 7.86. The summed E-state index contributed by atoms with van der Waals surface area (Å²) in [5.41, 5.74) is 3.64. The predicted octanol–water partition coefficient (Wildman–Crippen LogP) is 9.29. The van der Waals surface area contributed by atoms with E-state index >= 15 is 0 Å². The van der Waals surface area contributed by atoms with Crippen molar-refractivity contribution in [3.05, 3.63) is 89.6 Å². The van der Waals surface area contributed by atoms with E-state index in [0.29, 0.717) is 22.0 Å². The van der Waals surface area contributed by atoms with Crippen molar-refractivity contribution in [1.29, 1.82) is 0 Å². The number of nitrogens with zero attached hydrogens (tertiary/aromatic N) is 2. The molecule has 1 aliphatic rings. The Kier molecular flexibility index (Phi) is 12.6. The molecule has 1 fully saturated rings. The van der Waals surface area contributed by atoms with Crippen molar-refractivity contribution in [3.63, 3.8) is 0 Å². The van der Waals surface area contributed by atoms with Crippen LogP contribution in [0.5, 0.6) is 0 Å². The van der Waals surface area contributed by atoms with Gasteiger partial charge >= 0.3 is 0 Å². The molecule has 7 heteroatoms. The lowest BCUT2D eigenvalue weighted by molar-refractivity contribution is 0.102. The minimum absolute atomic E-state index is 0.234. The summed E-state index contributed by atoms with van der Waals surface area (Å²) in [6.45, 7) is 9.13.